The average molecular weight is 236 g/mol. The fraction of sp³-hybridized carbons (Fsp3) is 0.462. The predicted molar refractivity (Wildman–Crippen MR) is 67.6 cm³/mol. The smallest absolute Gasteiger partial charge is 0.234 e. The van der Waals surface area contributed by atoms with E-state index in [1.165, 1.54) is 0 Å². The number of hydrogen-bond donors (Lipinski definition) is 3. The lowest BCUT2D eigenvalue weighted by molar-refractivity contribution is -0.121. The minimum atomic E-state index is -0.327. The van der Waals surface area contributed by atoms with Crippen molar-refractivity contribution in [1.29, 1.82) is 0 Å². The quantitative estimate of drug-likeness (QED) is 0.615. The topological polar surface area (TPSA) is 61.4 Å². The molecule has 3 N–H and O–H groups in total. The fourth-order valence-corrected chi connectivity index (χ4v) is 1.54. The van der Waals surface area contributed by atoms with Gasteiger partial charge >= 0.3 is 0 Å². The lowest BCUT2D eigenvalue weighted by Crippen LogP contribution is -2.37. The minimum absolute atomic E-state index is 0.0937. The Morgan fingerprint density at radius 2 is 2.06 bits per heavy atom. The molecule has 0 aliphatic heterocycles. The van der Waals surface area contributed by atoms with E-state index < -0.39 is 0 Å². The van der Waals surface area contributed by atoms with Gasteiger partial charge in [-0.1, -0.05) is 37.3 Å². The van der Waals surface area contributed by atoms with E-state index in [0.717, 1.165) is 18.5 Å². The standard InChI is InChI=1S/C13H20N2O2/c1-2-8-14-9-13(17)15-12(10-16)11-6-4-3-5-7-11/h3-7,12,14,16H,2,8-10H2,1H3,(H,15,17)/t12-/m1/s1. The Kier molecular flexibility index (Phi) is 6.29. The number of carbonyl (C=O) groups excluding carboxylic acids is 1. The summed E-state index contributed by atoms with van der Waals surface area (Å²) >= 11 is 0. The number of benzene rings is 1. The maximum Gasteiger partial charge on any atom is 0.234 e. The van der Waals surface area contributed by atoms with Gasteiger partial charge in [0.1, 0.15) is 0 Å². The first-order chi connectivity index (χ1) is 8.27. The number of rotatable bonds is 7. The SMILES string of the molecule is CCCNCC(=O)N[C@H](CO)c1ccccc1. The van der Waals surface area contributed by atoms with E-state index in [0.29, 0.717) is 0 Å². The van der Waals surface area contributed by atoms with Crippen LogP contribution in [-0.4, -0.2) is 30.7 Å². The van der Waals surface area contributed by atoms with Crippen LogP contribution in [0.15, 0.2) is 30.3 Å². The molecule has 1 aromatic rings. The molecule has 0 bridgehead atoms. The first-order valence-electron chi connectivity index (χ1n) is 5.93. The van der Waals surface area contributed by atoms with Gasteiger partial charge in [0.2, 0.25) is 5.91 Å². The molecule has 0 unspecified atom stereocenters. The molecule has 4 nitrogen and oxygen atoms in total. The van der Waals surface area contributed by atoms with E-state index >= 15 is 0 Å². The second-order valence-corrected chi connectivity index (χ2v) is 3.89. The average Bonchev–Trinajstić information content (AvgIpc) is 2.37. The van der Waals surface area contributed by atoms with E-state index in [9.17, 15) is 9.90 Å². The van der Waals surface area contributed by atoms with Gasteiger partial charge in [0.05, 0.1) is 19.2 Å². The molecule has 1 rings (SSSR count). The Hall–Kier alpha value is -1.39. The van der Waals surface area contributed by atoms with Crippen LogP contribution in [0.1, 0.15) is 24.9 Å². The lowest BCUT2D eigenvalue weighted by atomic mass is 10.1. The van der Waals surface area contributed by atoms with Crippen molar-refractivity contribution in [2.24, 2.45) is 0 Å². The van der Waals surface area contributed by atoms with Crippen LogP contribution in [0.3, 0.4) is 0 Å². The molecule has 17 heavy (non-hydrogen) atoms. The predicted octanol–water partition coefficient (Wildman–Crippen LogP) is 0.836. The summed E-state index contributed by atoms with van der Waals surface area (Å²) in [6, 6.07) is 9.13. The summed E-state index contributed by atoms with van der Waals surface area (Å²) in [5, 5.41) is 15.1. The first kappa shape index (κ1) is 13.7. The van der Waals surface area contributed by atoms with Gasteiger partial charge in [-0.2, -0.15) is 0 Å². The molecule has 0 radical (unpaired) electrons. The van der Waals surface area contributed by atoms with Gasteiger partial charge in [-0.05, 0) is 18.5 Å². The third-order valence-electron chi connectivity index (χ3n) is 2.43. The maximum atomic E-state index is 11.6. The third kappa shape index (κ3) is 4.97. The first-order valence-corrected chi connectivity index (χ1v) is 5.93. The highest BCUT2D eigenvalue weighted by molar-refractivity contribution is 5.78. The molecule has 0 aliphatic carbocycles. The molecule has 0 heterocycles. The monoisotopic (exact) mass is 236 g/mol. The molecule has 0 aromatic heterocycles. The molecular weight excluding hydrogens is 216 g/mol. The summed E-state index contributed by atoms with van der Waals surface area (Å²) in [6.45, 7) is 3.06. The normalized spacial score (nSPS) is 12.1. The zero-order valence-corrected chi connectivity index (χ0v) is 10.1. The van der Waals surface area contributed by atoms with Gasteiger partial charge in [-0.15, -0.1) is 0 Å². The zero-order valence-electron chi connectivity index (χ0n) is 10.1. The maximum absolute atomic E-state index is 11.6. The number of carbonyl (C=O) groups is 1. The van der Waals surface area contributed by atoms with Crippen molar-refractivity contribution in [3.63, 3.8) is 0 Å². The van der Waals surface area contributed by atoms with Crippen LogP contribution in [0.25, 0.3) is 0 Å². The Bertz CT molecular complexity index is 327. The van der Waals surface area contributed by atoms with Crippen molar-refractivity contribution in [2.75, 3.05) is 19.7 Å². The van der Waals surface area contributed by atoms with E-state index in [-0.39, 0.29) is 25.1 Å². The highest BCUT2D eigenvalue weighted by Gasteiger charge is 2.12. The number of nitrogens with one attached hydrogen (secondary N) is 2. The summed E-state index contributed by atoms with van der Waals surface area (Å²) in [7, 11) is 0. The van der Waals surface area contributed by atoms with Crippen molar-refractivity contribution in [1.82, 2.24) is 10.6 Å². The van der Waals surface area contributed by atoms with Crippen molar-refractivity contribution in [3.8, 4) is 0 Å². The second-order valence-electron chi connectivity index (χ2n) is 3.89. The summed E-state index contributed by atoms with van der Waals surface area (Å²) < 4.78 is 0. The van der Waals surface area contributed by atoms with Crippen LogP contribution in [0.4, 0.5) is 0 Å². The van der Waals surface area contributed by atoms with Crippen LogP contribution >= 0.6 is 0 Å². The molecule has 1 aromatic carbocycles. The molecule has 0 saturated heterocycles. The Balaban J connectivity index is 2.44. The Morgan fingerprint density at radius 1 is 1.35 bits per heavy atom. The van der Waals surface area contributed by atoms with Crippen LogP contribution in [0.2, 0.25) is 0 Å². The van der Waals surface area contributed by atoms with Crippen molar-refractivity contribution < 1.29 is 9.90 Å². The minimum Gasteiger partial charge on any atom is -0.394 e. The van der Waals surface area contributed by atoms with Gasteiger partial charge < -0.3 is 15.7 Å². The molecule has 0 fully saturated rings. The number of hydrogen-bond acceptors (Lipinski definition) is 3. The van der Waals surface area contributed by atoms with E-state index in [4.69, 9.17) is 0 Å². The number of amides is 1. The van der Waals surface area contributed by atoms with E-state index in [1.54, 1.807) is 0 Å². The van der Waals surface area contributed by atoms with Gasteiger partial charge in [0.25, 0.3) is 0 Å². The molecule has 1 atom stereocenters. The second kappa shape index (κ2) is 7.81. The zero-order chi connectivity index (χ0) is 12.5. The van der Waals surface area contributed by atoms with E-state index in [1.807, 2.05) is 37.3 Å². The molecular formula is C13H20N2O2. The molecule has 94 valence electrons. The molecule has 4 heteroatoms. The number of aliphatic hydroxyl groups is 1. The van der Waals surface area contributed by atoms with Crippen LogP contribution in [0, 0.1) is 0 Å². The van der Waals surface area contributed by atoms with Gasteiger partial charge in [0, 0.05) is 0 Å². The third-order valence-corrected chi connectivity index (χ3v) is 2.43. The summed E-state index contributed by atoms with van der Waals surface area (Å²) in [6.07, 6.45) is 0.995. The van der Waals surface area contributed by atoms with Gasteiger partial charge in [-0.3, -0.25) is 4.79 Å². The molecule has 0 spiro atoms. The van der Waals surface area contributed by atoms with Gasteiger partial charge in [-0.25, -0.2) is 0 Å². The largest absolute Gasteiger partial charge is 0.394 e. The summed E-state index contributed by atoms with van der Waals surface area (Å²) in [4.78, 5) is 11.6. The highest BCUT2D eigenvalue weighted by Crippen LogP contribution is 2.10. The summed E-state index contributed by atoms with van der Waals surface area (Å²) in [5.41, 5.74) is 0.916. The van der Waals surface area contributed by atoms with Crippen molar-refractivity contribution >= 4 is 5.91 Å². The van der Waals surface area contributed by atoms with E-state index in [2.05, 4.69) is 10.6 Å². The van der Waals surface area contributed by atoms with Crippen LogP contribution in [0.5, 0.6) is 0 Å². The summed E-state index contributed by atoms with van der Waals surface area (Å²) in [5.74, 6) is -0.0960. The van der Waals surface area contributed by atoms with Crippen molar-refractivity contribution in [2.45, 2.75) is 19.4 Å². The van der Waals surface area contributed by atoms with Crippen LogP contribution in [-0.2, 0) is 4.79 Å². The fourth-order valence-electron chi connectivity index (χ4n) is 1.54. The molecule has 1 amide bonds. The van der Waals surface area contributed by atoms with Gasteiger partial charge in [0.15, 0.2) is 0 Å². The highest BCUT2D eigenvalue weighted by atomic mass is 16.3. The Morgan fingerprint density at radius 3 is 2.65 bits per heavy atom. The molecule has 0 aliphatic rings. The molecule has 0 saturated carbocycles. The number of aliphatic hydroxyl groups excluding tert-OH is 1. The van der Waals surface area contributed by atoms with Crippen molar-refractivity contribution in [3.05, 3.63) is 35.9 Å². The Labute approximate surface area is 102 Å². The van der Waals surface area contributed by atoms with Crippen LogP contribution < -0.4 is 10.6 Å². The lowest BCUT2D eigenvalue weighted by Gasteiger charge is -2.16.